The van der Waals surface area contributed by atoms with E-state index in [0.717, 1.165) is 6.26 Å². The van der Waals surface area contributed by atoms with E-state index in [4.69, 9.17) is 11.6 Å². The van der Waals surface area contributed by atoms with Crippen LogP contribution in [0.2, 0.25) is 5.02 Å². The molecule has 3 rings (SSSR count). The summed E-state index contributed by atoms with van der Waals surface area (Å²) >= 11 is 5.93. The second-order valence-electron chi connectivity index (χ2n) is 6.29. The number of sulfone groups is 1. The highest BCUT2D eigenvalue weighted by atomic mass is 35.5. The van der Waals surface area contributed by atoms with E-state index >= 15 is 0 Å². The number of benzene rings is 2. The smallest absolute Gasteiger partial charge is 0.361 e. The Labute approximate surface area is 161 Å². The minimum absolute atomic E-state index is 0.129. The quantitative estimate of drug-likeness (QED) is 0.802. The Bertz CT molecular complexity index is 1020. The van der Waals surface area contributed by atoms with Crippen LogP contribution in [-0.4, -0.2) is 48.5 Å². The van der Waals surface area contributed by atoms with Gasteiger partial charge in [-0.05, 0) is 55.5 Å². The van der Waals surface area contributed by atoms with Gasteiger partial charge in [-0.3, -0.25) is 0 Å². The van der Waals surface area contributed by atoms with Crippen LogP contribution in [-0.2, 0) is 14.6 Å². The molecule has 1 aliphatic rings. The lowest BCUT2D eigenvalue weighted by atomic mass is 10.1. The zero-order valence-electron chi connectivity index (χ0n) is 14.5. The molecule has 27 heavy (non-hydrogen) atoms. The van der Waals surface area contributed by atoms with Crippen LogP contribution in [0.3, 0.4) is 0 Å². The van der Waals surface area contributed by atoms with Gasteiger partial charge in [-0.25, -0.2) is 18.2 Å². The van der Waals surface area contributed by atoms with Gasteiger partial charge in [-0.15, -0.1) is 0 Å². The first kappa shape index (κ1) is 19.3. The minimum atomic E-state index is -3.37. The van der Waals surface area contributed by atoms with Crippen LogP contribution in [0.15, 0.2) is 58.4 Å². The molecule has 0 aromatic heterocycles. The largest absolute Gasteiger partial charge is 0.478 e. The molecule has 2 atom stereocenters. The molecular weight excluding hydrogens is 392 g/mol. The lowest BCUT2D eigenvalue weighted by molar-refractivity contribution is -0.158. The highest BCUT2D eigenvalue weighted by Gasteiger charge is 2.51. The summed E-state index contributed by atoms with van der Waals surface area (Å²) in [5.41, 5.74) is -1.28. The van der Waals surface area contributed by atoms with Gasteiger partial charge in [-0.2, -0.15) is 0 Å². The van der Waals surface area contributed by atoms with Crippen LogP contribution in [0.25, 0.3) is 0 Å². The maximum atomic E-state index is 11.7. The molecule has 1 heterocycles. The number of anilines is 1. The molecule has 2 unspecified atom stereocenters. The molecule has 9 heteroatoms. The van der Waals surface area contributed by atoms with Gasteiger partial charge < -0.3 is 15.1 Å². The normalized spacial score (nSPS) is 22.6. The van der Waals surface area contributed by atoms with E-state index in [-0.39, 0.29) is 10.7 Å². The van der Waals surface area contributed by atoms with Crippen molar-refractivity contribution in [3.63, 3.8) is 0 Å². The van der Waals surface area contributed by atoms with Crippen LogP contribution in [0.1, 0.15) is 12.5 Å². The van der Waals surface area contributed by atoms with Crippen molar-refractivity contribution in [3.8, 4) is 0 Å². The van der Waals surface area contributed by atoms with Crippen LogP contribution in [0.5, 0.6) is 0 Å². The third-order valence-electron chi connectivity index (χ3n) is 4.43. The van der Waals surface area contributed by atoms with Crippen molar-refractivity contribution in [1.29, 1.82) is 0 Å². The van der Waals surface area contributed by atoms with Gasteiger partial charge in [0.25, 0.3) is 5.72 Å². The van der Waals surface area contributed by atoms with Crippen molar-refractivity contribution in [2.75, 3.05) is 11.2 Å². The molecule has 1 aliphatic heterocycles. The molecule has 142 valence electrons. The summed E-state index contributed by atoms with van der Waals surface area (Å²) in [5.74, 6) is -1.26. The minimum Gasteiger partial charge on any atom is -0.478 e. The number of carbonyl (C=O) groups is 1. The van der Waals surface area contributed by atoms with Gasteiger partial charge in [-0.1, -0.05) is 11.6 Å². The van der Waals surface area contributed by atoms with E-state index in [1.165, 1.54) is 24.3 Å². The first-order valence-corrected chi connectivity index (χ1v) is 10.2. The number of carboxylic acids is 1. The van der Waals surface area contributed by atoms with Gasteiger partial charge in [0.1, 0.15) is 5.84 Å². The predicted octanol–water partition coefficient (Wildman–Crippen LogP) is 2.17. The average Bonchev–Trinajstić information content (AvgIpc) is 2.88. The summed E-state index contributed by atoms with van der Waals surface area (Å²) in [7, 11) is -3.37. The Morgan fingerprint density at radius 2 is 1.70 bits per heavy atom. The van der Waals surface area contributed by atoms with Crippen LogP contribution >= 0.6 is 11.6 Å². The number of amidine groups is 1. The summed E-state index contributed by atoms with van der Waals surface area (Å²) in [5, 5.41) is 20.6. The number of halogens is 1. The number of aliphatic carboxylic acids is 1. The Hall–Kier alpha value is -2.42. The summed E-state index contributed by atoms with van der Waals surface area (Å²) in [6, 6.07) is 11.6. The first-order chi connectivity index (χ1) is 12.5. The SMILES string of the molecule is CC1N(c2ccc(Cl)cc2)C(c2ccc(S(C)(=O)=O)cc2)=NC1(O)C(=O)O. The van der Waals surface area contributed by atoms with Crippen molar-refractivity contribution in [2.24, 2.45) is 4.99 Å². The number of aliphatic hydroxyl groups is 1. The second-order valence-corrected chi connectivity index (χ2v) is 8.74. The maximum Gasteiger partial charge on any atom is 0.361 e. The molecule has 0 fully saturated rings. The molecule has 0 spiro atoms. The lowest BCUT2D eigenvalue weighted by Gasteiger charge is -2.29. The molecular formula is C18H17ClN2O5S. The molecule has 0 aliphatic carbocycles. The van der Waals surface area contributed by atoms with E-state index in [0.29, 0.717) is 16.3 Å². The topological polar surface area (TPSA) is 107 Å². The summed E-state index contributed by atoms with van der Waals surface area (Å²) < 4.78 is 23.3. The predicted molar refractivity (Wildman–Crippen MR) is 102 cm³/mol. The van der Waals surface area contributed by atoms with Crippen molar-refractivity contribution in [1.82, 2.24) is 0 Å². The number of rotatable bonds is 4. The number of aliphatic imine (C=N–C) groups is 1. The highest BCUT2D eigenvalue weighted by Crippen LogP contribution is 2.34. The van der Waals surface area contributed by atoms with Crippen molar-refractivity contribution < 1.29 is 23.4 Å². The highest BCUT2D eigenvalue weighted by molar-refractivity contribution is 7.90. The zero-order chi connectivity index (χ0) is 20.0. The number of carboxylic acid groups (broad SMARTS) is 1. The fourth-order valence-corrected chi connectivity index (χ4v) is 3.66. The van der Waals surface area contributed by atoms with E-state index in [2.05, 4.69) is 4.99 Å². The zero-order valence-corrected chi connectivity index (χ0v) is 16.1. The van der Waals surface area contributed by atoms with Gasteiger partial charge in [0.2, 0.25) is 0 Å². The molecule has 7 nitrogen and oxygen atoms in total. The fourth-order valence-electron chi connectivity index (χ4n) is 2.90. The molecule has 2 aromatic carbocycles. The van der Waals surface area contributed by atoms with Gasteiger partial charge in [0.05, 0.1) is 10.9 Å². The van der Waals surface area contributed by atoms with Crippen molar-refractivity contribution in [2.45, 2.75) is 23.6 Å². The number of hydrogen-bond donors (Lipinski definition) is 2. The molecule has 2 aromatic rings. The van der Waals surface area contributed by atoms with E-state index in [1.54, 1.807) is 36.1 Å². The Morgan fingerprint density at radius 1 is 1.15 bits per heavy atom. The molecule has 0 radical (unpaired) electrons. The molecule has 2 N–H and O–H groups in total. The number of hydrogen-bond acceptors (Lipinski definition) is 6. The monoisotopic (exact) mass is 408 g/mol. The Kier molecular flexibility index (Phi) is 4.75. The molecule has 0 bridgehead atoms. The Morgan fingerprint density at radius 3 is 2.19 bits per heavy atom. The lowest BCUT2D eigenvalue weighted by Crippen LogP contribution is -2.50. The van der Waals surface area contributed by atoms with E-state index in [1.807, 2.05) is 0 Å². The van der Waals surface area contributed by atoms with Gasteiger partial charge in [0, 0.05) is 22.5 Å². The van der Waals surface area contributed by atoms with E-state index < -0.39 is 27.6 Å². The summed E-state index contributed by atoms with van der Waals surface area (Å²) in [6.45, 7) is 1.55. The second kappa shape index (κ2) is 6.63. The van der Waals surface area contributed by atoms with Crippen LogP contribution in [0, 0.1) is 0 Å². The van der Waals surface area contributed by atoms with Crippen LogP contribution in [0.4, 0.5) is 5.69 Å². The van der Waals surface area contributed by atoms with Crippen LogP contribution < -0.4 is 4.90 Å². The first-order valence-electron chi connectivity index (χ1n) is 7.95. The number of nitrogens with zero attached hydrogens (tertiary/aromatic N) is 2. The Balaban J connectivity index is 2.13. The van der Waals surface area contributed by atoms with Crippen molar-refractivity contribution >= 4 is 38.9 Å². The van der Waals surface area contributed by atoms with Gasteiger partial charge >= 0.3 is 5.97 Å². The molecule has 0 saturated carbocycles. The average molecular weight is 409 g/mol. The third-order valence-corrected chi connectivity index (χ3v) is 5.82. The molecule has 0 saturated heterocycles. The fraction of sp³-hybridized carbons (Fsp3) is 0.222. The summed E-state index contributed by atoms with van der Waals surface area (Å²) in [6.07, 6.45) is 1.10. The van der Waals surface area contributed by atoms with Gasteiger partial charge in [0.15, 0.2) is 9.84 Å². The molecule has 0 amide bonds. The third kappa shape index (κ3) is 3.43. The van der Waals surface area contributed by atoms with E-state index in [9.17, 15) is 23.4 Å². The van der Waals surface area contributed by atoms with Crippen molar-refractivity contribution in [3.05, 3.63) is 59.1 Å². The summed E-state index contributed by atoms with van der Waals surface area (Å²) in [4.78, 5) is 17.4. The standard InChI is InChI=1S/C18H17ClN2O5S/c1-11-18(24,17(22)23)20-16(21(11)14-7-5-13(19)6-8-14)12-3-9-15(10-4-12)27(2,25)26/h3-11,24H,1-2H3,(H,22,23). The maximum absolute atomic E-state index is 11.7.